The zero-order chi connectivity index (χ0) is 9.56. The molecule has 70 valence electrons. The summed E-state index contributed by atoms with van der Waals surface area (Å²) in [5.74, 6) is -2.12. The van der Waals surface area contributed by atoms with Gasteiger partial charge < -0.3 is 9.47 Å². The Morgan fingerprint density at radius 2 is 2.08 bits per heavy atom. The number of allylic oxidation sites excluding steroid dienone is 1. The van der Waals surface area contributed by atoms with E-state index < -0.39 is 11.8 Å². The van der Waals surface area contributed by atoms with Gasteiger partial charge in [0.05, 0.1) is 11.6 Å². The van der Waals surface area contributed by atoms with Crippen LogP contribution < -0.4 is 0 Å². The first-order valence-electron chi connectivity index (χ1n) is 3.27. The van der Waals surface area contributed by atoms with Crippen LogP contribution in [-0.4, -0.2) is 26.3 Å². The lowest BCUT2D eigenvalue weighted by molar-refractivity contribution is -0.142. The molecule has 0 fully saturated rings. The van der Waals surface area contributed by atoms with E-state index in [9.17, 15) is 9.18 Å². The van der Waals surface area contributed by atoms with Gasteiger partial charge in [0, 0.05) is 7.11 Å². The van der Waals surface area contributed by atoms with E-state index in [4.69, 9.17) is 11.6 Å². The summed E-state index contributed by atoms with van der Waals surface area (Å²) in [6, 6.07) is 0. The minimum atomic E-state index is -1.06. The number of carbonyl (C=O) groups excluding carboxylic acids is 1. The summed E-state index contributed by atoms with van der Waals surface area (Å²) in [7, 11) is 1.45. The van der Waals surface area contributed by atoms with Crippen molar-refractivity contribution < 1.29 is 18.7 Å². The number of esters is 1. The highest BCUT2D eigenvalue weighted by atomic mass is 35.5. The SMILES string of the molecule is COCCOC(=O)/C(F)=C(/C)Cl. The number of methoxy groups -OCH3 is 1. The molecular weight excluding hydrogens is 187 g/mol. The van der Waals surface area contributed by atoms with Crippen LogP contribution in [0.2, 0.25) is 0 Å². The molecule has 0 aromatic rings. The summed E-state index contributed by atoms with van der Waals surface area (Å²) < 4.78 is 21.6. The zero-order valence-corrected chi connectivity index (χ0v) is 7.65. The Labute approximate surface area is 75.1 Å². The molecule has 0 aliphatic heterocycles. The molecular formula is C7H10ClFO3. The minimum absolute atomic E-state index is 0.0208. The normalized spacial score (nSPS) is 12.3. The van der Waals surface area contributed by atoms with Gasteiger partial charge in [-0.1, -0.05) is 11.6 Å². The molecule has 3 nitrogen and oxygen atoms in total. The number of hydrogen-bond donors (Lipinski definition) is 0. The van der Waals surface area contributed by atoms with E-state index >= 15 is 0 Å². The molecule has 0 bridgehead atoms. The fourth-order valence-corrected chi connectivity index (χ4v) is 0.499. The maximum Gasteiger partial charge on any atom is 0.368 e. The predicted molar refractivity (Wildman–Crippen MR) is 42.5 cm³/mol. The van der Waals surface area contributed by atoms with Gasteiger partial charge in [0.15, 0.2) is 0 Å². The lowest BCUT2D eigenvalue weighted by Gasteiger charge is -2.01. The van der Waals surface area contributed by atoms with Crippen molar-refractivity contribution in [1.82, 2.24) is 0 Å². The third-order valence-corrected chi connectivity index (χ3v) is 1.17. The monoisotopic (exact) mass is 196 g/mol. The lowest BCUT2D eigenvalue weighted by atomic mass is 10.5. The zero-order valence-electron chi connectivity index (χ0n) is 6.89. The van der Waals surface area contributed by atoms with Gasteiger partial charge in [-0.25, -0.2) is 4.79 Å². The molecule has 0 heterocycles. The van der Waals surface area contributed by atoms with E-state index in [2.05, 4.69) is 9.47 Å². The maximum absolute atomic E-state index is 12.6. The van der Waals surface area contributed by atoms with Crippen molar-refractivity contribution in [3.05, 3.63) is 10.9 Å². The van der Waals surface area contributed by atoms with Crippen molar-refractivity contribution in [2.75, 3.05) is 20.3 Å². The first-order valence-corrected chi connectivity index (χ1v) is 3.65. The predicted octanol–water partition coefficient (Wildman–Crippen LogP) is 1.62. The first kappa shape index (κ1) is 11.4. The van der Waals surface area contributed by atoms with E-state index in [1.165, 1.54) is 14.0 Å². The Morgan fingerprint density at radius 1 is 1.50 bits per heavy atom. The van der Waals surface area contributed by atoms with E-state index in [1.54, 1.807) is 0 Å². The largest absolute Gasteiger partial charge is 0.458 e. The van der Waals surface area contributed by atoms with Crippen LogP contribution >= 0.6 is 11.6 Å². The molecule has 0 radical (unpaired) electrons. The Kier molecular flexibility index (Phi) is 5.66. The van der Waals surface area contributed by atoms with Crippen LogP contribution in [0.5, 0.6) is 0 Å². The Morgan fingerprint density at radius 3 is 2.50 bits per heavy atom. The molecule has 0 aromatic heterocycles. The van der Waals surface area contributed by atoms with E-state index in [-0.39, 0.29) is 18.2 Å². The Hall–Kier alpha value is -0.610. The molecule has 0 aliphatic carbocycles. The molecule has 0 rings (SSSR count). The van der Waals surface area contributed by atoms with Crippen molar-refractivity contribution in [2.45, 2.75) is 6.92 Å². The van der Waals surface area contributed by atoms with Gasteiger partial charge in [0.1, 0.15) is 6.61 Å². The fourth-order valence-electron chi connectivity index (χ4n) is 0.422. The number of carbonyl (C=O) groups is 1. The number of ether oxygens (including phenoxy) is 2. The van der Waals surface area contributed by atoms with Crippen molar-refractivity contribution in [2.24, 2.45) is 0 Å². The molecule has 0 saturated carbocycles. The molecule has 0 amide bonds. The highest BCUT2D eigenvalue weighted by molar-refractivity contribution is 6.31. The van der Waals surface area contributed by atoms with Crippen LogP contribution in [0.25, 0.3) is 0 Å². The van der Waals surface area contributed by atoms with Crippen LogP contribution in [0, 0.1) is 0 Å². The molecule has 0 saturated heterocycles. The van der Waals surface area contributed by atoms with E-state index in [1.807, 2.05) is 0 Å². The average Bonchev–Trinajstić information content (AvgIpc) is 2.03. The van der Waals surface area contributed by atoms with Gasteiger partial charge in [-0.05, 0) is 6.92 Å². The van der Waals surface area contributed by atoms with Crippen LogP contribution in [0.15, 0.2) is 10.9 Å². The summed E-state index contributed by atoms with van der Waals surface area (Å²) in [6.07, 6.45) is 0. The van der Waals surface area contributed by atoms with Crippen molar-refractivity contribution in [3.63, 3.8) is 0 Å². The summed E-state index contributed by atoms with van der Waals surface area (Å²) in [6.45, 7) is 1.53. The quantitative estimate of drug-likeness (QED) is 0.389. The third-order valence-electron chi connectivity index (χ3n) is 1.00. The van der Waals surface area contributed by atoms with Gasteiger partial charge in [-0.3, -0.25) is 0 Å². The molecule has 0 unspecified atom stereocenters. The summed E-state index contributed by atoms with van der Waals surface area (Å²) in [4.78, 5) is 10.7. The van der Waals surface area contributed by atoms with E-state index in [0.717, 1.165) is 0 Å². The smallest absolute Gasteiger partial charge is 0.368 e. The highest BCUT2D eigenvalue weighted by Gasteiger charge is 2.12. The lowest BCUT2D eigenvalue weighted by Crippen LogP contribution is -2.10. The van der Waals surface area contributed by atoms with Gasteiger partial charge in [-0.15, -0.1) is 0 Å². The summed E-state index contributed by atoms with van der Waals surface area (Å²) >= 11 is 5.21. The third kappa shape index (κ3) is 4.31. The molecule has 12 heavy (non-hydrogen) atoms. The summed E-state index contributed by atoms with van der Waals surface area (Å²) in [5.41, 5.74) is 0. The van der Waals surface area contributed by atoms with Gasteiger partial charge in [0.25, 0.3) is 0 Å². The van der Waals surface area contributed by atoms with Crippen LogP contribution in [0.4, 0.5) is 4.39 Å². The first-order chi connectivity index (χ1) is 5.59. The molecule has 0 aromatic carbocycles. The van der Waals surface area contributed by atoms with Gasteiger partial charge >= 0.3 is 5.97 Å². The number of rotatable bonds is 4. The topological polar surface area (TPSA) is 35.5 Å². The number of hydrogen-bond acceptors (Lipinski definition) is 3. The summed E-state index contributed by atoms with van der Waals surface area (Å²) in [5, 5.41) is -0.211. The van der Waals surface area contributed by atoms with Crippen LogP contribution in [0.1, 0.15) is 6.92 Å². The Bertz CT molecular complexity index is 187. The Balaban J connectivity index is 3.81. The maximum atomic E-state index is 12.6. The highest BCUT2D eigenvalue weighted by Crippen LogP contribution is 2.10. The molecule has 0 atom stereocenters. The number of halogens is 2. The van der Waals surface area contributed by atoms with E-state index in [0.29, 0.717) is 0 Å². The van der Waals surface area contributed by atoms with Gasteiger partial charge in [0.2, 0.25) is 5.83 Å². The molecule has 0 aliphatic rings. The molecule has 5 heteroatoms. The second-order valence-corrected chi connectivity index (χ2v) is 2.54. The van der Waals surface area contributed by atoms with Crippen LogP contribution in [0.3, 0.4) is 0 Å². The molecule has 0 N–H and O–H groups in total. The van der Waals surface area contributed by atoms with Crippen molar-refractivity contribution in [1.29, 1.82) is 0 Å². The van der Waals surface area contributed by atoms with Gasteiger partial charge in [-0.2, -0.15) is 4.39 Å². The standard InChI is InChI=1S/C7H10ClFO3/c1-5(8)6(9)7(10)12-4-3-11-2/h3-4H2,1-2H3/b6-5+. The molecule has 0 spiro atoms. The van der Waals surface area contributed by atoms with Crippen molar-refractivity contribution in [3.8, 4) is 0 Å². The second-order valence-electron chi connectivity index (χ2n) is 1.98. The van der Waals surface area contributed by atoms with Crippen LogP contribution in [-0.2, 0) is 14.3 Å². The average molecular weight is 197 g/mol. The second kappa shape index (κ2) is 5.97. The van der Waals surface area contributed by atoms with Crippen molar-refractivity contribution >= 4 is 17.6 Å². The minimum Gasteiger partial charge on any atom is -0.458 e. The fraction of sp³-hybridized carbons (Fsp3) is 0.571.